The highest BCUT2D eigenvalue weighted by Crippen LogP contribution is 2.14. The van der Waals surface area contributed by atoms with Crippen molar-refractivity contribution >= 4 is 12.2 Å². The van der Waals surface area contributed by atoms with Gasteiger partial charge in [0.1, 0.15) is 6.29 Å². The Balaban J connectivity index is 2.36. The topological polar surface area (TPSA) is 46.2 Å². The molecule has 0 spiro atoms. The Morgan fingerprint density at radius 2 is 2.00 bits per heavy atom. The van der Waals surface area contributed by atoms with Crippen LogP contribution in [0.25, 0.3) is 0 Å². The Morgan fingerprint density at radius 1 is 1.29 bits per heavy atom. The minimum Gasteiger partial charge on any atom is -0.346 e. The molecule has 2 rings (SSSR count). The van der Waals surface area contributed by atoms with Crippen LogP contribution in [0, 0.1) is 0 Å². The summed E-state index contributed by atoms with van der Waals surface area (Å²) >= 11 is 0. The molecule has 3 heteroatoms. The Kier molecular flexibility index (Phi) is 2.31. The van der Waals surface area contributed by atoms with Crippen LogP contribution in [0.15, 0.2) is 24.3 Å². The molecule has 72 valence electrons. The maximum absolute atomic E-state index is 11.3. The second-order valence-electron chi connectivity index (χ2n) is 3.46. The van der Waals surface area contributed by atoms with Crippen LogP contribution in [-0.2, 0) is 22.4 Å². The summed E-state index contributed by atoms with van der Waals surface area (Å²) in [7, 11) is 0. The number of hydrogen-bond acceptors (Lipinski definition) is 2. The second kappa shape index (κ2) is 3.62. The molecule has 1 heterocycles. The fourth-order valence-corrected chi connectivity index (χ4v) is 1.73. The smallest absolute Gasteiger partial charge is 0.225 e. The third-order valence-electron chi connectivity index (χ3n) is 2.42. The zero-order valence-electron chi connectivity index (χ0n) is 7.69. The van der Waals surface area contributed by atoms with E-state index in [4.69, 9.17) is 0 Å². The molecule has 0 fully saturated rings. The molecular formula is C11H11NO2. The van der Waals surface area contributed by atoms with Gasteiger partial charge in [0, 0.05) is 0 Å². The van der Waals surface area contributed by atoms with Gasteiger partial charge in [-0.1, -0.05) is 24.3 Å². The molecule has 1 atom stereocenters. The maximum Gasteiger partial charge on any atom is 0.225 e. The lowest BCUT2D eigenvalue weighted by molar-refractivity contribution is -0.123. The van der Waals surface area contributed by atoms with E-state index in [0.717, 1.165) is 17.4 Å². The number of nitrogens with one attached hydrogen (secondary N) is 1. The molecule has 0 aliphatic carbocycles. The first kappa shape index (κ1) is 8.94. The van der Waals surface area contributed by atoms with E-state index in [1.807, 2.05) is 24.3 Å². The predicted molar refractivity (Wildman–Crippen MR) is 51.8 cm³/mol. The lowest BCUT2D eigenvalue weighted by Gasteiger charge is -2.07. The fourth-order valence-electron chi connectivity index (χ4n) is 1.73. The molecule has 1 aliphatic heterocycles. The van der Waals surface area contributed by atoms with Gasteiger partial charge in [0.25, 0.3) is 0 Å². The monoisotopic (exact) mass is 189 g/mol. The standard InChI is InChI=1S/C11H11NO2/c13-7-10-5-8-3-1-2-4-9(8)6-11(14)12-10/h1-4,7,10H,5-6H2,(H,12,14). The van der Waals surface area contributed by atoms with E-state index in [0.29, 0.717) is 12.8 Å². The molecule has 1 amide bonds. The van der Waals surface area contributed by atoms with E-state index in [9.17, 15) is 9.59 Å². The van der Waals surface area contributed by atoms with Gasteiger partial charge in [0.2, 0.25) is 5.91 Å². The normalized spacial score (nSPS) is 20.6. The number of benzene rings is 1. The van der Waals surface area contributed by atoms with Crippen molar-refractivity contribution in [2.24, 2.45) is 0 Å². The molecule has 3 nitrogen and oxygen atoms in total. The van der Waals surface area contributed by atoms with E-state index >= 15 is 0 Å². The molecule has 1 unspecified atom stereocenters. The highest BCUT2D eigenvalue weighted by molar-refractivity contribution is 5.83. The molecule has 0 saturated heterocycles. The van der Waals surface area contributed by atoms with Crippen LogP contribution in [0.5, 0.6) is 0 Å². The number of hydrogen-bond donors (Lipinski definition) is 1. The van der Waals surface area contributed by atoms with Gasteiger partial charge in [0.05, 0.1) is 12.5 Å². The number of amides is 1. The van der Waals surface area contributed by atoms with Crippen molar-refractivity contribution in [3.63, 3.8) is 0 Å². The first-order chi connectivity index (χ1) is 6.79. The Morgan fingerprint density at radius 3 is 2.71 bits per heavy atom. The van der Waals surface area contributed by atoms with Gasteiger partial charge < -0.3 is 10.1 Å². The minimum atomic E-state index is -0.369. The van der Waals surface area contributed by atoms with Crippen molar-refractivity contribution in [2.75, 3.05) is 0 Å². The quantitative estimate of drug-likeness (QED) is 0.653. The number of fused-ring (bicyclic) bond motifs is 1. The Bertz CT molecular complexity index is 373. The van der Waals surface area contributed by atoms with Crippen LogP contribution in [0.3, 0.4) is 0 Å². The summed E-state index contributed by atoms with van der Waals surface area (Å²) in [5, 5.41) is 2.67. The van der Waals surface area contributed by atoms with Crippen LogP contribution >= 0.6 is 0 Å². The van der Waals surface area contributed by atoms with E-state index in [1.165, 1.54) is 0 Å². The highest BCUT2D eigenvalue weighted by atomic mass is 16.2. The van der Waals surface area contributed by atoms with Crippen molar-refractivity contribution in [1.29, 1.82) is 0 Å². The average Bonchev–Trinajstić information content (AvgIpc) is 2.35. The molecule has 0 radical (unpaired) electrons. The summed E-state index contributed by atoms with van der Waals surface area (Å²) in [6.07, 6.45) is 1.77. The number of rotatable bonds is 1. The van der Waals surface area contributed by atoms with Gasteiger partial charge in [-0.25, -0.2) is 0 Å². The summed E-state index contributed by atoms with van der Waals surface area (Å²) in [6.45, 7) is 0. The Hall–Kier alpha value is -1.64. The largest absolute Gasteiger partial charge is 0.346 e. The maximum atomic E-state index is 11.3. The van der Waals surface area contributed by atoms with Gasteiger partial charge in [-0.2, -0.15) is 0 Å². The van der Waals surface area contributed by atoms with E-state index in [1.54, 1.807) is 0 Å². The van der Waals surface area contributed by atoms with Gasteiger partial charge in [-0.15, -0.1) is 0 Å². The third kappa shape index (κ3) is 1.66. The zero-order chi connectivity index (χ0) is 9.97. The molecule has 0 bridgehead atoms. The van der Waals surface area contributed by atoms with Crippen molar-refractivity contribution in [3.05, 3.63) is 35.4 Å². The summed E-state index contributed by atoms with van der Waals surface area (Å²) in [5.74, 6) is -0.0768. The molecule has 1 aromatic rings. The fraction of sp³-hybridized carbons (Fsp3) is 0.273. The van der Waals surface area contributed by atoms with Crippen molar-refractivity contribution in [1.82, 2.24) is 5.32 Å². The molecule has 1 aliphatic rings. The first-order valence-corrected chi connectivity index (χ1v) is 4.61. The van der Waals surface area contributed by atoms with E-state index in [-0.39, 0.29) is 11.9 Å². The second-order valence-corrected chi connectivity index (χ2v) is 3.46. The van der Waals surface area contributed by atoms with Gasteiger partial charge in [0.15, 0.2) is 0 Å². The highest BCUT2D eigenvalue weighted by Gasteiger charge is 2.19. The number of carbonyl (C=O) groups excluding carboxylic acids is 2. The number of aldehydes is 1. The van der Waals surface area contributed by atoms with Gasteiger partial charge >= 0.3 is 0 Å². The average molecular weight is 189 g/mol. The van der Waals surface area contributed by atoms with E-state index < -0.39 is 0 Å². The van der Waals surface area contributed by atoms with Crippen LogP contribution < -0.4 is 5.32 Å². The first-order valence-electron chi connectivity index (χ1n) is 4.61. The predicted octanol–water partition coefficient (Wildman–Crippen LogP) is 0.469. The van der Waals surface area contributed by atoms with Crippen LogP contribution in [-0.4, -0.2) is 18.2 Å². The minimum absolute atomic E-state index is 0.0768. The summed E-state index contributed by atoms with van der Waals surface area (Å²) in [5.41, 5.74) is 2.11. The molecule has 1 N–H and O–H groups in total. The molecule has 14 heavy (non-hydrogen) atoms. The summed E-state index contributed by atoms with van der Waals surface area (Å²) < 4.78 is 0. The lowest BCUT2D eigenvalue weighted by atomic mass is 10.0. The molecule has 1 aromatic carbocycles. The van der Waals surface area contributed by atoms with Crippen molar-refractivity contribution in [2.45, 2.75) is 18.9 Å². The zero-order valence-corrected chi connectivity index (χ0v) is 7.69. The number of carbonyl (C=O) groups is 2. The van der Waals surface area contributed by atoms with Crippen molar-refractivity contribution < 1.29 is 9.59 Å². The summed E-state index contributed by atoms with van der Waals surface area (Å²) in [4.78, 5) is 22.0. The van der Waals surface area contributed by atoms with E-state index in [2.05, 4.69) is 5.32 Å². The van der Waals surface area contributed by atoms with Gasteiger partial charge in [-0.05, 0) is 17.5 Å². The van der Waals surface area contributed by atoms with Crippen LogP contribution in [0.4, 0.5) is 0 Å². The third-order valence-corrected chi connectivity index (χ3v) is 2.42. The molecule has 0 aromatic heterocycles. The molecule has 0 saturated carbocycles. The lowest BCUT2D eigenvalue weighted by Crippen LogP contribution is -2.36. The van der Waals surface area contributed by atoms with Crippen LogP contribution in [0.1, 0.15) is 11.1 Å². The molecular weight excluding hydrogens is 178 g/mol. The van der Waals surface area contributed by atoms with Crippen molar-refractivity contribution in [3.8, 4) is 0 Å². The Labute approximate surface area is 82.1 Å². The summed E-state index contributed by atoms with van der Waals surface area (Å²) in [6, 6.07) is 7.36. The van der Waals surface area contributed by atoms with Gasteiger partial charge in [-0.3, -0.25) is 4.79 Å². The van der Waals surface area contributed by atoms with Crippen LogP contribution in [0.2, 0.25) is 0 Å². The SMILES string of the molecule is O=CC1Cc2ccccc2CC(=O)N1.